The highest BCUT2D eigenvalue weighted by atomic mass is 79.9. The van der Waals surface area contributed by atoms with E-state index in [2.05, 4.69) is 26.2 Å². The number of amides is 1. The lowest BCUT2D eigenvalue weighted by Crippen LogP contribution is -2.29. The monoisotopic (exact) mass is 426 g/mol. The fraction of sp³-hybridized carbons (Fsp3) is 0.143. The number of benzene rings is 2. The Labute approximate surface area is 166 Å². The molecule has 0 saturated carbocycles. The van der Waals surface area contributed by atoms with Crippen LogP contribution in [0.3, 0.4) is 0 Å². The van der Waals surface area contributed by atoms with Gasteiger partial charge in [-0.15, -0.1) is 0 Å². The van der Waals surface area contributed by atoms with E-state index in [0.717, 1.165) is 10.0 Å². The summed E-state index contributed by atoms with van der Waals surface area (Å²) in [6, 6.07) is 20.5. The highest BCUT2D eigenvalue weighted by Gasteiger charge is 2.17. The average Bonchev–Trinajstić information content (AvgIpc) is 2.71. The number of hydrogen-bond donors (Lipinski definition) is 1. The molecular formula is C21H19BrN2O3. The van der Waals surface area contributed by atoms with E-state index in [1.54, 1.807) is 37.6 Å². The molecule has 1 N–H and O–H groups in total. The molecule has 0 aliphatic carbocycles. The number of pyridine rings is 1. The minimum absolute atomic E-state index is 0.234. The normalized spacial score (nSPS) is 11.6. The van der Waals surface area contributed by atoms with Gasteiger partial charge < -0.3 is 14.8 Å². The van der Waals surface area contributed by atoms with Crippen LogP contribution < -0.4 is 10.1 Å². The average molecular weight is 427 g/mol. The number of methoxy groups -OCH3 is 1. The number of hydrogen-bond acceptors (Lipinski definition) is 4. The van der Waals surface area contributed by atoms with Crippen LogP contribution >= 0.6 is 15.9 Å². The van der Waals surface area contributed by atoms with Crippen molar-refractivity contribution in [3.8, 4) is 11.6 Å². The van der Waals surface area contributed by atoms with Gasteiger partial charge in [-0.2, -0.15) is 0 Å². The lowest BCUT2D eigenvalue weighted by molar-refractivity contribution is 0.0825. The highest BCUT2D eigenvalue weighted by Crippen LogP contribution is 2.24. The van der Waals surface area contributed by atoms with Crippen molar-refractivity contribution in [1.29, 1.82) is 0 Å². The van der Waals surface area contributed by atoms with Crippen LogP contribution in [-0.4, -0.2) is 24.5 Å². The zero-order chi connectivity index (χ0) is 19.1. The van der Waals surface area contributed by atoms with E-state index in [0.29, 0.717) is 17.9 Å². The molecule has 5 nitrogen and oxygen atoms in total. The van der Waals surface area contributed by atoms with Gasteiger partial charge in [0, 0.05) is 24.3 Å². The van der Waals surface area contributed by atoms with Gasteiger partial charge in [0.05, 0.1) is 6.10 Å². The third kappa shape index (κ3) is 5.15. The minimum Gasteiger partial charge on any atom is -0.438 e. The summed E-state index contributed by atoms with van der Waals surface area (Å²) >= 11 is 3.38. The van der Waals surface area contributed by atoms with Crippen LogP contribution in [-0.2, 0) is 4.74 Å². The second-order valence-electron chi connectivity index (χ2n) is 5.76. The second-order valence-corrected chi connectivity index (χ2v) is 6.67. The van der Waals surface area contributed by atoms with E-state index in [1.165, 1.54) is 0 Å². The van der Waals surface area contributed by atoms with Gasteiger partial charge in [0.2, 0.25) is 5.88 Å². The molecule has 27 heavy (non-hydrogen) atoms. The molecule has 3 rings (SSSR count). The maximum Gasteiger partial charge on any atom is 0.256 e. The van der Waals surface area contributed by atoms with E-state index >= 15 is 0 Å². The summed E-state index contributed by atoms with van der Waals surface area (Å²) in [4.78, 5) is 16.9. The van der Waals surface area contributed by atoms with E-state index < -0.39 is 0 Å². The summed E-state index contributed by atoms with van der Waals surface area (Å²) in [5.41, 5.74) is 1.36. The molecule has 0 fully saturated rings. The maximum absolute atomic E-state index is 12.7. The Morgan fingerprint density at radius 2 is 1.81 bits per heavy atom. The summed E-state index contributed by atoms with van der Waals surface area (Å²) < 4.78 is 12.2. The van der Waals surface area contributed by atoms with Crippen LogP contribution in [0.4, 0.5) is 0 Å². The van der Waals surface area contributed by atoms with Gasteiger partial charge in [-0.05, 0) is 42.0 Å². The van der Waals surface area contributed by atoms with Crippen molar-refractivity contribution in [2.24, 2.45) is 0 Å². The molecule has 1 unspecified atom stereocenters. The minimum atomic E-state index is -0.270. The van der Waals surface area contributed by atoms with Gasteiger partial charge in [0.15, 0.2) is 0 Å². The van der Waals surface area contributed by atoms with Crippen molar-refractivity contribution < 1.29 is 14.3 Å². The van der Waals surface area contributed by atoms with E-state index in [4.69, 9.17) is 9.47 Å². The Morgan fingerprint density at radius 1 is 1.07 bits per heavy atom. The lowest BCUT2D eigenvalue weighted by atomic mass is 10.1. The van der Waals surface area contributed by atoms with Gasteiger partial charge in [0.1, 0.15) is 11.3 Å². The van der Waals surface area contributed by atoms with Gasteiger partial charge in [0.25, 0.3) is 5.91 Å². The number of nitrogens with zero attached hydrogens (tertiary/aromatic N) is 1. The zero-order valence-corrected chi connectivity index (χ0v) is 16.3. The van der Waals surface area contributed by atoms with Crippen LogP contribution in [0, 0.1) is 0 Å². The zero-order valence-electron chi connectivity index (χ0n) is 14.8. The topological polar surface area (TPSA) is 60.5 Å². The Hall–Kier alpha value is -2.70. The number of ether oxygens (including phenoxy) is 2. The number of halogens is 1. The van der Waals surface area contributed by atoms with Crippen molar-refractivity contribution in [3.05, 3.63) is 88.5 Å². The molecule has 6 heteroatoms. The largest absolute Gasteiger partial charge is 0.438 e. The summed E-state index contributed by atoms with van der Waals surface area (Å²) in [6.07, 6.45) is 1.36. The molecule has 0 aliphatic heterocycles. The molecule has 1 amide bonds. The molecule has 1 aromatic heterocycles. The predicted octanol–water partition coefficient (Wildman–Crippen LogP) is 4.75. The Balaban J connectivity index is 1.70. The molecule has 3 aromatic rings. The molecule has 0 spiro atoms. The molecule has 2 aromatic carbocycles. The number of rotatable bonds is 7. The van der Waals surface area contributed by atoms with Gasteiger partial charge >= 0.3 is 0 Å². The van der Waals surface area contributed by atoms with Crippen molar-refractivity contribution in [3.63, 3.8) is 0 Å². The van der Waals surface area contributed by atoms with Crippen molar-refractivity contribution in [1.82, 2.24) is 10.3 Å². The summed E-state index contributed by atoms with van der Waals surface area (Å²) in [6.45, 7) is 0.339. The van der Waals surface area contributed by atoms with E-state index in [9.17, 15) is 4.79 Å². The predicted molar refractivity (Wildman–Crippen MR) is 107 cm³/mol. The highest BCUT2D eigenvalue weighted by molar-refractivity contribution is 9.10. The Bertz CT molecular complexity index is 885. The third-order valence-electron chi connectivity index (χ3n) is 3.95. The summed E-state index contributed by atoms with van der Waals surface area (Å²) in [5.74, 6) is 0.587. The van der Waals surface area contributed by atoms with Crippen LogP contribution in [0.2, 0.25) is 0 Å². The Kier molecular flexibility index (Phi) is 6.57. The standard InChI is InChI=1S/C21H19BrN2O3/c1-26-19(15-6-3-2-4-7-15)14-24-20(25)18-8-5-13-23-21(18)27-17-11-9-16(22)10-12-17/h2-13,19H,14H2,1H3,(H,24,25). The summed E-state index contributed by atoms with van der Waals surface area (Å²) in [7, 11) is 1.62. The maximum atomic E-state index is 12.7. The van der Waals surface area contributed by atoms with Crippen molar-refractivity contribution >= 4 is 21.8 Å². The molecule has 0 saturated heterocycles. The van der Waals surface area contributed by atoms with Crippen LogP contribution in [0.25, 0.3) is 0 Å². The van der Waals surface area contributed by atoms with Gasteiger partial charge in [-0.3, -0.25) is 4.79 Å². The van der Waals surface area contributed by atoms with Gasteiger partial charge in [-0.1, -0.05) is 46.3 Å². The van der Waals surface area contributed by atoms with Crippen molar-refractivity contribution in [2.45, 2.75) is 6.10 Å². The molecule has 0 radical (unpaired) electrons. The van der Waals surface area contributed by atoms with Crippen LogP contribution in [0.5, 0.6) is 11.6 Å². The first kappa shape index (κ1) is 19.1. The first-order chi connectivity index (χ1) is 13.2. The molecule has 1 heterocycles. The first-order valence-electron chi connectivity index (χ1n) is 8.41. The number of carbonyl (C=O) groups is 1. The third-order valence-corrected chi connectivity index (χ3v) is 4.48. The molecular weight excluding hydrogens is 408 g/mol. The SMILES string of the molecule is COC(CNC(=O)c1cccnc1Oc1ccc(Br)cc1)c1ccccc1. The summed E-state index contributed by atoms with van der Waals surface area (Å²) in [5, 5.41) is 2.89. The second kappa shape index (κ2) is 9.30. The fourth-order valence-corrected chi connectivity index (χ4v) is 2.81. The lowest BCUT2D eigenvalue weighted by Gasteiger charge is -2.17. The quantitative estimate of drug-likeness (QED) is 0.591. The molecule has 1 atom stereocenters. The smallest absolute Gasteiger partial charge is 0.256 e. The molecule has 0 bridgehead atoms. The first-order valence-corrected chi connectivity index (χ1v) is 9.21. The molecule has 0 aliphatic rings. The Morgan fingerprint density at radius 3 is 2.52 bits per heavy atom. The number of aromatic nitrogens is 1. The van der Waals surface area contributed by atoms with Crippen molar-refractivity contribution in [2.75, 3.05) is 13.7 Å². The van der Waals surface area contributed by atoms with Gasteiger partial charge in [-0.25, -0.2) is 4.98 Å². The van der Waals surface area contributed by atoms with E-state index in [1.807, 2.05) is 42.5 Å². The number of carbonyl (C=O) groups excluding carboxylic acids is 1. The van der Waals surface area contributed by atoms with Crippen LogP contribution in [0.1, 0.15) is 22.0 Å². The molecule has 138 valence electrons. The van der Waals surface area contributed by atoms with E-state index in [-0.39, 0.29) is 17.9 Å². The van der Waals surface area contributed by atoms with Crippen LogP contribution in [0.15, 0.2) is 77.4 Å². The number of nitrogens with one attached hydrogen (secondary N) is 1. The fourth-order valence-electron chi connectivity index (χ4n) is 2.54.